The second-order valence-electron chi connectivity index (χ2n) is 3.69. The summed E-state index contributed by atoms with van der Waals surface area (Å²) in [7, 11) is 0. The third-order valence-electron chi connectivity index (χ3n) is 2.42. The number of benzene rings is 1. The van der Waals surface area contributed by atoms with E-state index in [0.29, 0.717) is 11.6 Å². The standard InChI is InChI=1S/C11H10ClNO2/c1-6-4-7-2-3-8(12)9(11(14)15)10(7)13-5-6/h2-3,5-6H,4H2,1H3,(H,14,15). The van der Waals surface area contributed by atoms with Gasteiger partial charge in [-0.1, -0.05) is 24.6 Å². The molecule has 0 radical (unpaired) electrons. The highest BCUT2D eigenvalue weighted by atomic mass is 35.5. The van der Waals surface area contributed by atoms with E-state index >= 15 is 0 Å². The van der Waals surface area contributed by atoms with Gasteiger partial charge in [0.05, 0.1) is 10.7 Å². The van der Waals surface area contributed by atoms with Crippen molar-refractivity contribution in [3.8, 4) is 0 Å². The van der Waals surface area contributed by atoms with E-state index in [1.165, 1.54) is 0 Å². The minimum absolute atomic E-state index is 0.109. The van der Waals surface area contributed by atoms with E-state index in [9.17, 15) is 4.79 Å². The highest BCUT2D eigenvalue weighted by molar-refractivity contribution is 6.34. The molecule has 0 aromatic heterocycles. The number of aromatic carboxylic acids is 1. The van der Waals surface area contributed by atoms with Gasteiger partial charge in [0.15, 0.2) is 0 Å². The van der Waals surface area contributed by atoms with Crippen LogP contribution in [0.1, 0.15) is 22.8 Å². The van der Waals surface area contributed by atoms with E-state index < -0.39 is 5.97 Å². The molecule has 0 saturated heterocycles. The summed E-state index contributed by atoms with van der Waals surface area (Å²) >= 11 is 5.84. The minimum atomic E-state index is -1.02. The number of hydrogen-bond acceptors (Lipinski definition) is 2. The van der Waals surface area contributed by atoms with Crippen LogP contribution in [0.2, 0.25) is 5.02 Å². The van der Waals surface area contributed by atoms with Gasteiger partial charge < -0.3 is 5.11 Å². The lowest BCUT2D eigenvalue weighted by atomic mass is 9.95. The van der Waals surface area contributed by atoms with Gasteiger partial charge in [-0.3, -0.25) is 4.99 Å². The average molecular weight is 224 g/mol. The maximum absolute atomic E-state index is 11.0. The van der Waals surface area contributed by atoms with E-state index in [1.807, 2.05) is 13.0 Å². The minimum Gasteiger partial charge on any atom is -0.478 e. The Morgan fingerprint density at radius 3 is 3.00 bits per heavy atom. The van der Waals surface area contributed by atoms with Crippen molar-refractivity contribution in [3.05, 3.63) is 28.3 Å². The summed E-state index contributed by atoms with van der Waals surface area (Å²) in [4.78, 5) is 15.2. The Labute approximate surface area is 92.4 Å². The molecule has 0 spiro atoms. The summed E-state index contributed by atoms with van der Waals surface area (Å²) in [5.74, 6) is -0.677. The van der Waals surface area contributed by atoms with Gasteiger partial charge in [0.1, 0.15) is 5.56 Å². The normalized spacial score (nSPS) is 18.7. The third-order valence-corrected chi connectivity index (χ3v) is 2.74. The summed E-state index contributed by atoms with van der Waals surface area (Å²) in [6.07, 6.45) is 2.58. The highest BCUT2D eigenvalue weighted by Gasteiger charge is 2.21. The molecule has 0 aliphatic carbocycles. The molecule has 1 unspecified atom stereocenters. The molecule has 1 atom stereocenters. The largest absolute Gasteiger partial charge is 0.478 e. The molecule has 1 heterocycles. The van der Waals surface area contributed by atoms with Crippen molar-refractivity contribution in [1.29, 1.82) is 0 Å². The summed E-state index contributed by atoms with van der Waals surface area (Å²) in [6, 6.07) is 3.47. The number of carboxylic acids is 1. The maximum atomic E-state index is 11.0. The molecule has 0 amide bonds. The Morgan fingerprint density at radius 1 is 1.60 bits per heavy atom. The summed E-state index contributed by atoms with van der Waals surface area (Å²) < 4.78 is 0. The lowest BCUT2D eigenvalue weighted by Gasteiger charge is -2.16. The molecular formula is C11H10ClNO2. The Kier molecular flexibility index (Phi) is 2.49. The molecule has 4 heteroatoms. The van der Waals surface area contributed by atoms with E-state index in [0.717, 1.165) is 12.0 Å². The Morgan fingerprint density at radius 2 is 2.33 bits per heavy atom. The second-order valence-corrected chi connectivity index (χ2v) is 4.10. The van der Waals surface area contributed by atoms with Crippen LogP contribution in [-0.4, -0.2) is 17.3 Å². The van der Waals surface area contributed by atoms with Crippen LogP contribution >= 0.6 is 11.6 Å². The molecule has 3 nitrogen and oxygen atoms in total. The van der Waals surface area contributed by atoms with E-state index in [-0.39, 0.29) is 10.6 Å². The Balaban J connectivity index is 2.63. The first-order valence-corrected chi connectivity index (χ1v) is 5.06. The van der Waals surface area contributed by atoms with Crippen LogP contribution in [0.4, 0.5) is 5.69 Å². The summed E-state index contributed by atoms with van der Waals surface area (Å²) in [5.41, 5.74) is 1.57. The number of carboxylic acid groups (broad SMARTS) is 1. The van der Waals surface area contributed by atoms with Crippen molar-refractivity contribution in [2.24, 2.45) is 10.9 Å². The maximum Gasteiger partial charge on any atom is 0.339 e. The number of fused-ring (bicyclic) bond motifs is 1. The Bertz CT molecular complexity index is 454. The number of halogens is 1. The van der Waals surface area contributed by atoms with Crippen molar-refractivity contribution >= 4 is 29.5 Å². The predicted molar refractivity (Wildman–Crippen MR) is 59.4 cm³/mol. The fraction of sp³-hybridized carbons (Fsp3) is 0.273. The number of carbonyl (C=O) groups is 1. The number of aliphatic imine (C=N–C) groups is 1. The zero-order chi connectivity index (χ0) is 11.0. The second kappa shape index (κ2) is 3.66. The van der Waals surface area contributed by atoms with Gasteiger partial charge in [-0.2, -0.15) is 0 Å². The van der Waals surface area contributed by atoms with Crippen LogP contribution in [0, 0.1) is 5.92 Å². The topological polar surface area (TPSA) is 49.7 Å². The summed E-state index contributed by atoms with van der Waals surface area (Å²) in [6.45, 7) is 2.04. The predicted octanol–water partition coefficient (Wildman–Crippen LogP) is 2.93. The van der Waals surface area contributed by atoms with E-state index in [4.69, 9.17) is 16.7 Å². The molecule has 15 heavy (non-hydrogen) atoms. The zero-order valence-electron chi connectivity index (χ0n) is 8.20. The molecule has 1 aliphatic rings. The van der Waals surface area contributed by atoms with Crippen LogP contribution < -0.4 is 0 Å². The molecule has 2 rings (SSSR count). The molecule has 1 N–H and O–H groups in total. The van der Waals surface area contributed by atoms with E-state index in [2.05, 4.69) is 4.99 Å². The van der Waals surface area contributed by atoms with Crippen molar-refractivity contribution in [1.82, 2.24) is 0 Å². The first-order chi connectivity index (χ1) is 7.09. The van der Waals surface area contributed by atoms with Crippen LogP contribution in [0.25, 0.3) is 0 Å². The van der Waals surface area contributed by atoms with Gasteiger partial charge in [-0.05, 0) is 24.0 Å². The third kappa shape index (κ3) is 1.75. The fourth-order valence-electron chi connectivity index (χ4n) is 1.73. The van der Waals surface area contributed by atoms with Gasteiger partial charge in [0.25, 0.3) is 0 Å². The Hall–Kier alpha value is -1.35. The van der Waals surface area contributed by atoms with Crippen LogP contribution in [-0.2, 0) is 6.42 Å². The first-order valence-electron chi connectivity index (χ1n) is 4.68. The average Bonchev–Trinajstić information content (AvgIpc) is 2.17. The highest BCUT2D eigenvalue weighted by Crippen LogP contribution is 2.34. The number of rotatable bonds is 1. The molecular weight excluding hydrogens is 214 g/mol. The van der Waals surface area contributed by atoms with Crippen LogP contribution in [0.15, 0.2) is 17.1 Å². The van der Waals surface area contributed by atoms with E-state index in [1.54, 1.807) is 12.3 Å². The molecule has 1 aromatic carbocycles. The molecule has 1 aromatic rings. The van der Waals surface area contributed by atoms with Crippen LogP contribution in [0.5, 0.6) is 0 Å². The van der Waals surface area contributed by atoms with Gasteiger partial charge in [-0.15, -0.1) is 0 Å². The molecule has 0 bridgehead atoms. The molecule has 0 fully saturated rings. The zero-order valence-corrected chi connectivity index (χ0v) is 8.95. The fourth-order valence-corrected chi connectivity index (χ4v) is 1.96. The lowest BCUT2D eigenvalue weighted by Crippen LogP contribution is -2.09. The van der Waals surface area contributed by atoms with Gasteiger partial charge >= 0.3 is 5.97 Å². The van der Waals surface area contributed by atoms with Crippen molar-refractivity contribution in [3.63, 3.8) is 0 Å². The molecule has 78 valence electrons. The quantitative estimate of drug-likeness (QED) is 0.796. The van der Waals surface area contributed by atoms with Crippen molar-refractivity contribution < 1.29 is 9.90 Å². The molecule has 0 saturated carbocycles. The first kappa shape index (κ1) is 10.2. The van der Waals surface area contributed by atoms with Crippen molar-refractivity contribution in [2.45, 2.75) is 13.3 Å². The van der Waals surface area contributed by atoms with Crippen molar-refractivity contribution in [2.75, 3.05) is 0 Å². The number of nitrogens with zero attached hydrogens (tertiary/aromatic N) is 1. The lowest BCUT2D eigenvalue weighted by molar-refractivity contribution is 0.0698. The van der Waals surface area contributed by atoms with Gasteiger partial charge in [0.2, 0.25) is 0 Å². The summed E-state index contributed by atoms with van der Waals surface area (Å²) in [5, 5.41) is 9.27. The van der Waals surface area contributed by atoms with Gasteiger partial charge in [-0.25, -0.2) is 4.79 Å². The monoisotopic (exact) mass is 223 g/mol. The smallest absolute Gasteiger partial charge is 0.339 e. The molecule has 1 aliphatic heterocycles. The van der Waals surface area contributed by atoms with Crippen LogP contribution in [0.3, 0.4) is 0 Å². The number of hydrogen-bond donors (Lipinski definition) is 1. The van der Waals surface area contributed by atoms with Gasteiger partial charge in [0, 0.05) is 6.21 Å². The SMILES string of the molecule is CC1C=Nc2c(ccc(Cl)c2C(=O)O)C1.